The molecule has 1 N–H and O–H groups in total. The van der Waals surface area contributed by atoms with Gasteiger partial charge in [-0.25, -0.2) is 13.2 Å². The smallest absolute Gasteiger partial charge is 0.224 e. The van der Waals surface area contributed by atoms with Crippen LogP contribution in [0.25, 0.3) is 11.3 Å². The fourth-order valence-corrected chi connectivity index (χ4v) is 2.55. The van der Waals surface area contributed by atoms with E-state index in [-0.39, 0.29) is 34.9 Å². The zero-order valence-electron chi connectivity index (χ0n) is 13.2. The molecule has 1 heterocycles. The Morgan fingerprint density at radius 3 is 2.65 bits per heavy atom. The maximum atomic E-state index is 13.7. The Morgan fingerprint density at radius 2 is 1.92 bits per heavy atom. The molecule has 4 nitrogen and oxygen atoms in total. The van der Waals surface area contributed by atoms with Gasteiger partial charge in [0.1, 0.15) is 23.1 Å². The van der Waals surface area contributed by atoms with Crippen LogP contribution in [-0.2, 0) is 17.8 Å². The Balaban J connectivity index is 1.64. The first kappa shape index (κ1) is 18.0. The van der Waals surface area contributed by atoms with Crippen molar-refractivity contribution < 1.29 is 22.5 Å². The Kier molecular flexibility index (Phi) is 5.27. The van der Waals surface area contributed by atoms with Crippen molar-refractivity contribution in [1.82, 2.24) is 10.5 Å². The third-order valence-electron chi connectivity index (χ3n) is 3.62. The van der Waals surface area contributed by atoms with Crippen LogP contribution in [-0.4, -0.2) is 11.1 Å². The minimum atomic E-state index is -0.786. The average Bonchev–Trinajstić information content (AvgIpc) is 3.05. The maximum Gasteiger partial charge on any atom is 0.224 e. The van der Waals surface area contributed by atoms with Gasteiger partial charge in [0.15, 0.2) is 5.76 Å². The number of nitrogens with zero attached hydrogens (tertiary/aromatic N) is 1. The summed E-state index contributed by atoms with van der Waals surface area (Å²) in [6.07, 6.45) is -0.233. The molecule has 0 unspecified atom stereocenters. The first-order valence-electron chi connectivity index (χ1n) is 7.54. The minimum Gasteiger partial charge on any atom is -0.356 e. The van der Waals surface area contributed by atoms with E-state index in [0.29, 0.717) is 5.69 Å². The lowest BCUT2D eigenvalue weighted by Crippen LogP contribution is -2.25. The Hall–Kier alpha value is -2.80. The highest BCUT2D eigenvalue weighted by molar-refractivity contribution is 6.31. The molecule has 0 radical (unpaired) electrons. The van der Waals surface area contributed by atoms with Crippen LogP contribution in [0, 0.1) is 17.5 Å². The van der Waals surface area contributed by atoms with Crippen molar-refractivity contribution in [3.05, 3.63) is 76.2 Å². The predicted molar refractivity (Wildman–Crippen MR) is 88.8 cm³/mol. The summed E-state index contributed by atoms with van der Waals surface area (Å²) < 4.78 is 45.4. The summed E-state index contributed by atoms with van der Waals surface area (Å²) in [6.45, 7) is -0.00276. The van der Waals surface area contributed by atoms with Gasteiger partial charge < -0.3 is 9.84 Å². The molecule has 0 saturated carbocycles. The fourth-order valence-electron chi connectivity index (χ4n) is 2.32. The number of amides is 1. The summed E-state index contributed by atoms with van der Waals surface area (Å²) in [5.41, 5.74) is 0.479. The van der Waals surface area contributed by atoms with Crippen molar-refractivity contribution in [3.63, 3.8) is 0 Å². The minimum absolute atomic E-state index is 0.00276. The summed E-state index contributed by atoms with van der Waals surface area (Å²) in [6, 6.07) is 8.65. The number of carbonyl (C=O) groups excluding carboxylic acids is 1. The average molecular weight is 381 g/mol. The molecule has 1 aromatic heterocycles. The Morgan fingerprint density at radius 1 is 1.12 bits per heavy atom. The lowest BCUT2D eigenvalue weighted by atomic mass is 10.1. The molecule has 3 rings (SSSR count). The van der Waals surface area contributed by atoms with E-state index in [1.807, 2.05) is 0 Å². The van der Waals surface area contributed by atoms with Crippen LogP contribution in [0.5, 0.6) is 0 Å². The number of benzene rings is 2. The van der Waals surface area contributed by atoms with Gasteiger partial charge in [0.2, 0.25) is 5.91 Å². The van der Waals surface area contributed by atoms with Crippen molar-refractivity contribution in [2.45, 2.75) is 13.0 Å². The van der Waals surface area contributed by atoms with Crippen molar-refractivity contribution in [1.29, 1.82) is 0 Å². The number of rotatable bonds is 5. The summed E-state index contributed by atoms with van der Waals surface area (Å²) in [5, 5.41) is 6.43. The second-order valence-electron chi connectivity index (χ2n) is 5.46. The molecule has 8 heteroatoms. The zero-order valence-corrected chi connectivity index (χ0v) is 14.0. The van der Waals surface area contributed by atoms with E-state index in [2.05, 4.69) is 10.5 Å². The standard InChI is InChI=1S/C18H12ClF3N2O2/c19-14-2-1-3-15(21)13(14)8-18(25)23-9-11-7-17(26-24-11)12-5-4-10(20)6-16(12)22/h1-7H,8-9H2,(H,23,25). The van der Waals surface area contributed by atoms with E-state index in [1.165, 1.54) is 30.3 Å². The highest BCUT2D eigenvalue weighted by Gasteiger charge is 2.14. The van der Waals surface area contributed by atoms with E-state index in [9.17, 15) is 18.0 Å². The first-order valence-corrected chi connectivity index (χ1v) is 7.92. The van der Waals surface area contributed by atoms with Gasteiger partial charge in [-0.1, -0.05) is 22.8 Å². The largest absolute Gasteiger partial charge is 0.356 e. The number of carbonyl (C=O) groups is 1. The van der Waals surface area contributed by atoms with Crippen LogP contribution in [0.3, 0.4) is 0 Å². The predicted octanol–water partition coefficient (Wildman–Crippen LogP) is 4.27. The molecule has 0 fully saturated rings. The lowest BCUT2D eigenvalue weighted by molar-refractivity contribution is -0.120. The molecule has 134 valence electrons. The molecule has 0 bridgehead atoms. The van der Waals surface area contributed by atoms with Crippen LogP contribution in [0.15, 0.2) is 47.0 Å². The third-order valence-corrected chi connectivity index (χ3v) is 3.98. The molecule has 0 saturated heterocycles. The van der Waals surface area contributed by atoms with Crippen molar-refractivity contribution in [2.24, 2.45) is 0 Å². The topological polar surface area (TPSA) is 55.1 Å². The number of aromatic nitrogens is 1. The van der Waals surface area contributed by atoms with Crippen LogP contribution < -0.4 is 5.32 Å². The lowest BCUT2D eigenvalue weighted by Gasteiger charge is -2.06. The number of hydrogen-bond acceptors (Lipinski definition) is 3. The third kappa shape index (κ3) is 4.05. The highest BCUT2D eigenvalue weighted by Crippen LogP contribution is 2.24. The Bertz CT molecular complexity index is 939. The van der Waals surface area contributed by atoms with Crippen LogP contribution in [0.2, 0.25) is 5.02 Å². The SMILES string of the molecule is O=C(Cc1c(F)cccc1Cl)NCc1cc(-c2ccc(F)cc2F)on1. The quantitative estimate of drug-likeness (QED) is 0.719. The number of nitrogens with one attached hydrogen (secondary N) is 1. The van der Waals surface area contributed by atoms with Crippen LogP contribution in [0.1, 0.15) is 11.3 Å². The molecular weight excluding hydrogens is 369 g/mol. The van der Waals surface area contributed by atoms with E-state index < -0.39 is 23.4 Å². The van der Waals surface area contributed by atoms with Gasteiger partial charge in [-0.3, -0.25) is 4.79 Å². The summed E-state index contributed by atoms with van der Waals surface area (Å²) >= 11 is 5.88. The number of halogens is 4. The van der Waals surface area contributed by atoms with Crippen molar-refractivity contribution in [2.75, 3.05) is 0 Å². The van der Waals surface area contributed by atoms with Gasteiger partial charge in [0.05, 0.1) is 18.5 Å². The molecule has 2 aromatic carbocycles. The van der Waals surface area contributed by atoms with Crippen LogP contribution in [0.4, 0.5) is 13.2 Å². The van der Waals surface area contributed by atoms with Gasteiger partial charge in [-0.05, 0) is 24.3 Å². The molecule has 0 spiro atoms. The van der Waals surface area contributed by atoms with Gasteiger partial charge in [0.25, 0.3) is 0 Å². The maximum absolute atomic E-state index is 13.7. The van der Waals surface area contributed by atoms with Gasteiger partial charge in [-0.15, -0.1) is 0 Å². The highest BCUT2D eigenvalue weighted by atomic mass is 35.5. The molecular formula is C18H12ClF3N2O2. The molecule has 0 aliphatic carbocycles. The van der Waals surface area contributed by atoms with Gasteiger partial charge in [-0.2, -0.15) is 0 Å². The second-order valence-corrected chi connectivity index (χ2v) is 5.87. The second kappa shape index (κ2) is 7.61. The van der Waals surface area contributed by atoms with Crippen LogP contribution >= 0.6 is 11.6 Å². The monoisotopic (exact) mass is 380 g/mol. The van der Waals surface area contributed by atoms with Crippen molar-refractivity contribution in [3.8, 4) is 11.3 Å². The molecule has 26 heavy (non-hydrogen) atoms. The molecule has 1 amide bonds. The fraction of sp³-hybridized carbons (Fsp3) is 0.111. The summed E-state index contributed by atoms with van der Waals surface area (Å²) in [5.74, 6) is -2.42. The number of hydrogen-bond donors (Lipinski definition) is 1. The molecule has 0 atom stereocenters. The van der Waals surface area contributed by atoms with Gasteiger partial charge in [0, 0.05) is 22.7 Å². The Labute approximate surface area is 151 Å². The van der Waals surface area contributed by atoms with E-state index in [4.69, 9.17) is 16.1 Å². The molecule has 0 aliphatic heterocycles. The summed E-state index contributed by atoms with van der Waals surface area (Å²) in [4.78, 5) is 12.0. The first-order chi connectivity index (χ1) is 12.4. The van der Waals surface area contributed by atoms with E-state index in [0.717, 1.165) is 12.1 Å². The summed E-state index contributed by atoms with van der Waals surface area (Å²) in [7, 11) is 0. The zero-order chi connectivity index (χ0) is 18.7. The molecule has 0 aliphatic rings. The van der Waals surface area contributed by atoms with Gasteiger partial charge >= 0.3 is 0 Å². The van der Waals surface area contributed by atoms with E-state index >= 15 is 0 Å². The molecule has 3 aromatic rings. The normalized spacial score (nSPS) is 10.8. The van der Waals surface area contributed by atoms with E-state index in [1.54, 1.807) is 0 Å². The van der Waals surface area contributed by atoms with Crippen molar-refractivity contribution >= 4 is 17.5 Å².